The summed E-state index contributed by atoms with van der Waals surface area (Å²) in [5, 5.41) is 0. The zero-order chi connectivity index (χ0) is 35.9. The van der Waals surface area contributed by atoms with Crippen LogP contribution in [0.4, 0.5) is 0 Å². The summed E-state index contributed by atoms with van der Waals surface area (Å²) in [7, 11) is 3.25. The van der Waals surface area contributed by atoms with Gasteiger partial charge in [-0.05, 0) is 0 Å². The summed E-state index contributed by atoms with van der Waals surface area (Å²) in [5.41, 5.74) is 14.6. The quantitative estimate of drug-likeness (QED) is 0.203. The summed E-state index contributed by atoms with van der Waals surface area (Å²) in [4.78, 5) is 0. The molecule has 0 N–H and O–H groups in total. The number of benzene rings is 3. The molecular weight excluding hydrogens is 661 g/mol. The molecule has 0 amide bonds. The molecule has 0 spiro atoms. The van der Waals surface area contributed by atoms with Gasteiger partial charge in [0.2, 0.25) is 0 Å². The van der Waals surface area contributed by atoms with Crippen LogP contribution < -0.4 is 4.40 Å². The molecule has 0 aliphatic heterocycles. The van der Waals surface area contributed by atoms with Gasteiger partial charge in [0.25, 0.3) is 0 Å². The first-order chi connectivity index (χ1) is 21.5. The van der Waals surface area contributed by atoms with Crippen LogP contribution >= 0.6 is 0 Å². The summed E-state index contributed by atoms with van der Waals surface area (Å²) in [6.07, 6.45) is 0. The van der Waals surface area contributed by atoms with Gasteiger partial charge in [-0.25, -0.2) is 0 Å². The SMILES string of the molecule is CC(C)c1cc(C(C)C)c(-c2cccc(-c3c(C(C)C)cc(C(C)C)cc3C(C)C)[c]2[Ge])c(C(C)C)c1.C[Si]C.C[Si]C.C[Si]C. The molecule has 3 aromatic carbocycles. The largest absolute Gasteiger partial charge is 0.0735 e. The standard InChI is InChI=1S/C36H49Ge.3C2H6Si/c1-20(2)26-16-30(22(5)6)34(31(17-26)23(7)8)28-14-13-15-29(36(28)37)35-32(24(9)10)18-27(21(3)4)19-33(35)25(11)12;3*1-3-2/h13-25H,1-12H3;3*1-2H3. The van der Waals surface area contributed by atoms with E-state index in [9.17, 15) is 0 Å². The third-order valence-electron chi connectivity index (χ3n) is 7.87. The first kappa shape index (κ1) is 44.9. The van der Waals surface area contributed by atoms with Crippen molar-refractivity contribution in [2.45, 2.75) is 158 Å². The summed E-state index contributed by atoms with van der Waals surface area (Å²) >= 11 is 2.36. The van der Waals surface area contributed by atoms with Gasteiger partial charge in [0.1, 0.15) is 0 Å². The van der Waals surface area contributed by atoms with Crippen LogP contribution in [0.3, 0.4) is 0 Å². The third kappa shape index (κ3) is 12.7. The van der Waals surface area contributed by atoms with Gasteiger partial charge in [-0.15, -0.1) is 0 Å². The Bertz CT molecular complexity index is 1150. The van der Waals surface area contributed by atoms with Crippen LogP contribution in [-0.2, 0) is 0 Å². The molecule has 3 aromatic rings. The van der Waals surface area contributed by atoms with E-state index in [2.05, 4.69) is 181 Å². The van der Waals surface area contributed by atoms with Gasteiger partial charge < -0.3 is 0 Å². The normalized spacial score (nSPS) is 11.1. The average Bonchev–Trinajstić information content (AvgIpc) is 2.97. The van der Waals surface area contributed by atoms with E-state index in [1.54, 1.807) is 0 Å². The number of rotatable bonds is 8. The zero-order valence-electron chi connectivity index (χ0n) is 33.0. The Labute approximate surface area is 303 Å². The molecule has 0 atom stereocenters. The maximum Gasteiger partial charge on any atom is 0.0307 e. The van der Waals surface area contributed by atoms with Gasteiger partial charge in [-0.3, -0.25) is 0 Å². The predicted molar refractivity (Wildman–Crippen MR) is 220 cm³/mol. The summed E-state index contributed by atoms with van der Waals surface area (Å²) in [6.45, 7) is 41.0. The molecule has 0 fully saturated rings. The van der Waals surface area contributed by atoms with E-state index in [-0.39, 0.29) is 0 Å². The molecule has 251 valence electrons. The molecule has 0 saturated heterocycles. The summed E-state index contributed by atoms with van der Waals surface area (Å²) < 4.78 is 1.41. The van der Waals surface area contributed by atoms with Crippen LogP contribution in [0.15, 0.2) is 42.5 Å². The van der Waals surface area contributed by atoms with Crippen molar-refractivity contribution in [2.75, 3.05) is 0 Å². The predicted octanol–water partition coefficient (Wildman–Crippen LogP) is 12.9. The van der Waals surface area contributed by atoms with E-state index in [1.165, 1.54) is 60.0 Å². The van der Waals surface area contributed by atoms with Gasteiger partial charge in [-0.2, -0.15) is 0 Å². The Morgan fingerprint density at radius 2 is 0.630 bits per heavy atom. The van der Waals surface area contributed by atoms with Gasteiger partial charge in [0.05, 0.1) is 0 Å². The number of hydrogen-bond acceptors (Lipinski definition) is 0. The fourth-order valence-corrected chi connectivity index (χ4v) is 6.38. The minimum Gasteiger partial charge on any atom is -0.0735 e. The smallest absolute Gasteiger partial charge is 0.0307 e. The minimum atomic E-state index is 0.469. The molecular formula is C42H67GeSi3. The second-order valence-electron chi connectivity index (χ2n) is 14.3. The fourth-order valence-electron chi connectivity index (χ4n) is 5.50. The molecule has 0 aromatic heterocycles. The van der Waals surface area contributed by atoms with Gasteiger partial charge in [0.15, 0.2) is 0 Å². The van der Waals surface area contributed by atoms with Crippen molar-refractivity contribution in [3.05, 3.63) is 75.8 Å². The van der Waals surface area contributed by atoms with Crippen molar-refractivity contribution >= 4 is 49.5 Å². The molecule has 3 rings (SSSR count). The van der Waals surface area contributed by atoms with Crippen molar-refractivity contribution in [3.8, 4) is 22.3 Å². The molecule has 0 nitrogen and oxygen atoms in total. The first-order valence-electron chi connectivity index (χ1n) is 17.5. The van der Waals surface area contributed by atoms with Crippen LogP contribution in [0.25, 0.3) is 22.3 Å². The molecule has 46 heavy (non-hydrogen) atoms. The van der Waals surface area contributed by atoms with E-state index in [0.717, 1.165) is 28.6 Å². The van der Waals surface area contributed by atoms with Crippen molar-refractivity contribution in [1.29, 1.82) is 0 Å². The van der Waals surface area contributed by atoms with Crippen molar-refractivity contribution in [2.24, 2.45) is 0 Å². The Morgan fingerprint density at radius 1 is 0.413 bits per heavy atom. The first-order valence-corrected chi connectivity index (χ1v) is 24.5. The van der Waals surface area contributed by atoms with Gasteiger partial charge in [0, 0.05) is 28.6 Å². The minimum absolute atomic E-state index is 0.469. The fraction of sp³-hybridized carbons (Fsp3) is 0.571. The molecule has 0 unspecified atom stereocenters. The Kier molecular flexibility index (Phi) is 21.9. The van der Waals surface area contributed by atoms with Crippen LogP contribution in [0.2, 0.25) is 39.3 Å². The number of hydrogen-bond donors (Lipinski definition) is 0. The van der Waals surface area contributed by atoms with Gasteiger partial charge >= 0.3 is 238 Å². The molecule has 0 heterocycles. The van der Waals surface area contributed by atoms with Crippen LogP contribution in [0.5, 0.6) is 0 Å². The van der Waals surface area contributed by atoms with E-state index >= 15 is 0 Å². The summed E-state index contributed by atoms with van der Waals surface area (Å²) in [6, 6.07) is 17.0. The van der Waals surface area contributed by atoms with E-state index < -0.39 is 0 Å². The van der Waals surface area contributed by atoms with Crippen molar-refractivity contribution in [1.82, 2.24) is 0 Å². The maximum atomic E-state index is 2.49. The molecule has 0 aliphatic carbocycles. The van der Waals surface area contributed by atoms with Crippen molar-refractivity contribution in [3.63, 3.8) is 0 Å². The van der Waals surface area contributed by atoms with E-state index in [0.29, 0.717) is 35.5 Å². The Hall–Kier alpha value is -1.15. The molecule has 0 aliphatic rings. The Balaban J connectivity index is 0.00000201. The molecule has 0 bridgehead atoms. The van der Waals surface area contributed by atoms with Gasteiger partial charge in [-0.1, -0.05) is 39.3 Å². The van der Waals surface area contributed by atoms with Crippen molar-refractivity contribution < 1.29 is 0 Å². The van der Waals surface area contributed by atoms with E-state index in [4.69, 9.17) is 0 Å². The van der Waals surface area contributed by atoms with Crippen LogP contribution in [0, 0.1) is 0 Å². The zero-order valence-corrected chi connectivity index (χ0v) is 38.1. The monoisotopic (exact) mass is 729 g/mol. The average molecular weight is 729 g/mol. The molecule has 0 saturated carbocycles. The van der Waals surface area contributed by atoms with E-state index in [1.807, 2.05) is 0 Å². The third-order valence-corrected chi connectivity index (χ3v) is 9.00. The summed E-state index contributed by atoms with van der Waals surface area (Å²) in [5.74, 6) is 2.93. The Morgan fingerprint density at radius 3 is 0.804 bits per heavy atom. The second kappa shape index (κ2) is 22.5. The second-order valence-corrected chi connectivity index (χ2v) is 18.4. The van der Waals surface area contributed by atoms with Crippen LogP contribution in [0.1, 0.15) is 152 Å². The maximum absolute atomic E-state index is 2.49. The molecule has 9 radical (unpaired) electrons. The van der Waals surface area contributed by atoms with Crippen LogP contribution in [-0.4, -0.2) is 45.1 Å². The molecule has 4 heteroatoms. The topological polar surface area (TPSA) is 0 Å².